The predicted octanol–water partition coefficient (Wildman–Crippen LogP) is 3.97. The van der Waals surface area contributed by atoms with E-state index in [-0.39, 0.29) is 46.5 Å². The van der Waals surface area contributed by atoms with Crippen LogP contribution in [0.4, 0.5) is 24.5 Å². The summed E-state index contributed by atoms with van der Waals surface area (Å²) in [4.78, 5) is 23.4. The van der Waals surface area contributed by atoms with Gasteiger partial charge >= 0.3 is 12.6 Å². The van der Waals surface area contributed by atoms with E-state index in [1.54, 1.807) is 0 Å². The summed E-state index contributed by atoms with van der Waals surface area (Å²) in [5, 5.41) is 11.3. The molecule has 0 bridgehead atoms. The highest BCUT2D eigenvalue weighted by Gasteiger charge is 2.31. The first-order valence-corrected chi connectivity index (χ1v) is 11.7. The summed E-state index contributed by atoms with van der Waals surface area (Å²) < 4.78 is 76.5. The number of aromatic carboxylic acids is 1. The second kappa shape index (κ2) is 9.77. The maximum absolute atomic E-state index is 13.9. The predicted molar refractivity (Wildman–Crippen MR) is 121 cm³/mol. The number of rotatable bonds is 7. The van der Waals surface area contributed by atoms with Crippen LogP contribution < -0.4 is 19.1 Å². The van der Waals surface area contributed by atoms with Crippen molar-refractivity contribution in [3.05, 3.63) is 77.6 Å². The zero-order valence-corrected chi connectivity index (χ0v) is 19.0. The van der Waals surface area contributed by atoms with E-state index in [9.17, 15) is 31.2 Å². The molecule has 1 amide bonds. The smallest absolute Gasteiger partial charge is 0.387 e. The summed E-state index contributed by atoms with van der Waals surface area (Å²) in [6, 6.07) is 11.7. The summed E-state index contributed by atoms with van der Waals surface area (Å²) in [5.41, 5.74) is -0.557. The lowest BCUT2D eigenvalue weighted by atomic mass is 10.1. The van der Waals surface area contributed by atoms with Crippen LogP contribution in [-0.2, 0) is 10.0 Å². The number of alkyl halides is 2. The Kier molecular flexibility index (Phi) is 6.75. The largest absolute Gasteiger partial charge is 0.489 e. The van der Waals surface area contributed by atoms with E-state index in [1.165, 1.54) is 42.5 Å². The number of halogens is 3. The molecule has 0 saturated carbocycles. The Morgan fingerprint density at radius 3 is 2.56 bits per heavy atom. The van der Waals surface area contributed by atoms with Gasteiger partial charge in [-0.25, -0.2) is 17.6 Å². The van der Waals surface area contributed by atoms with Gasteiger partial charge in [0.05, 0.1) is 22.7 Å². The number of hydrogen-bond donors (Lipinski definition) is 2. The number of sulfonamides is 1. The van der Waals surface area contributed by atoms with Crippen molar-refractivity contribution in [2.24, 2.45) is 0 Å². The van der Waals surface area contributed by atoms with Gasteiger partial charge in [0.25, 0.3) is 15.9 Å². The first kappa shape index (κ1) is 24.9. The molecule has 2 N–H and O–H groups in total. The SMILES string of the molecule is O=C(Nc1ccc(C(=O)O)c(F)c1)c1ccc2c(c1)N(S(=O)(=O)c1cccc(OC(F)F)c1)CCO2. The third-order valence-electron chi connectivity index (χ3n) is 5.12. The monoisotopic (exact) mass is 522 g/mol. The topological polar surface area (TPSA) is 122 Å². The van der Waals surface area contributed by atoms with E-state index in [1.807, 2.05) is 0 Å². The lowest BCUT2D eigenvalue weighted by Gasteiger charge is -2.30. The molecule has 0 fully saturated rings. The Morgan fingerprint density at radius 1 is 1.08 bits per heavy atom. The maximum atomic E-state index is 13.9. The van der Waals surface area contributed by atoms with Crippen LogP contribution in [0, 0.1) is 5.82 Å². The minimum absolute atomic E-state index is 0.000199. The molecule has 1 heterocycles. The first-order valence-electron chi connectivity index (χ1n) is 10.2. The normalized spacial score (nSPS) is 13.1. The third-order valence-corrected chi connectivity index (χ3v) is 6.93. The van der Waals surface area contributed by atoms with Crippen molar-refractivity contribution in [3.63, 3.8) is 0 Å². The van der Waals surface area contributed by atoms with Gasteiger partial charge in [0.15, 0.2) is 0 Å². The van der Waals surface area contributed by atoms with Gasteiger partial charge in [-0.05, 0) is 48.5 Å². The van der Waals surface area contributed by atoms with E-state index in [2.05, 4.69) is 10.1 Å². The van der Waals surface area contributed by atoms with Crippen LogP contribution in [0.25, 0.3) is 0 Å². The maximum Gasteiger partial charge on any atom is 0.387 e. The standard InChI is InChI=1S/C23H17F3N2O7S/c24-18-11-14(5-6-17(18)22(30)31)27-21(29)13-4-7-20-19(10-13)28(8-9-34-20)36(32,33)16-3-1-2-15(12-16)35-23(25)26/h1-7,10-12,23H,8-9H2,(H,27,29)(H,30,31). The number of carbonyl (C=O) groups excluding carboxylic acids is 1. The summed E-state index contributed by atoms with van der Waals surface area (Å²) in [6.45, 7) is -3.26. The summed E-state index contributed by atoms with van der Waals surface area (Å²) in [7, 11) is -4.26. The van der Waals surface area contributed by atoms with Gasteiger partial charge in [-0.1, -0.05) is 6.07 Å². The van der Waals surface area contributed by atoms with Crippen molar-refractivity contribution in [1.82, 2.24) is 0 Å². The molecule has 0 atom stereocenters. The first-order chi connectivity index (χ1) is 17.1. The molecule has 13 heteroatoms. The lowest BCUT2D eigenvalue weighted by Crippen LogP contribution is -2.38. The minimum atomic E-state index is -4.26. The highest BCUT2D eigenvalue weighted by molar-refractivity contribution is 7.92. The van der Waals surface area contributed by atoms with E-state index >= 15 is 0 Å². The number of amides is 1. The number of ether oxygens (including phenoxy) is 2. The molecule has 0 radical (unpaired) electrons. The van der Waals surface area contributed by atoms with Gasteiger partial charge in [0.1, 0.15) is 23.9 Å². The number of carbonyl (C=O) groups is 2. The van der Waals surface area contributed by atoms with Crippen LogP contribution in [0.1, 0.15) is 20.7 Å². The summed E-state index contributed by atoms with van der Waals surface area (Å²) >= 11 is 0. The molecular weight excluding hydrogens is 505 g/mol. The van der Waals surface area contributed by atoms with Gasteiger partial charge in [-0.2, -0.15) is 8.78 Å². The second-order valence-electron chi connectivity index (χ2n) is 7.42. The molecule has 9 nitrogen and oxygen atoms in total. The average molecular weight is 522 g/mol. The Bertz CT molecular complexity index is 1450. The highest BCUT2D eigenvalue weighted by atomic mass is 32.2. The van der Waals surface area contributed by atoms with Gasteiger partial charge in [-0.3, -0.25) is 9.10 Å². The van der Waals surface area contributed by atoms with Crippen molar-refractivity contribution >= 4 is 33.3 Å². The molecular formula is C23H17F3N2O7S. The quantitative estimate of drug-likeness (QED) is 0.482. The number of hydrogen-bond acceptors (Lipinski definition) is 6. The van der Waals surface area contributed by atoms with Crippen molar-refractivity contribution < 1.29 is 45.8 Å². The molecule has 0 aromatic heterocycles. The fourth-order valence-electron chi connectivity index (χ4n) is 3.49. The lowest BCUT2D eigenvalue weighted by molar-refractivity contribution is -0.0500. The van der Waals surface area contributed by atoms with Gasteiger partial charge in [0.2, 0.25) is 0 Å². The van der Waals surface area contributed by atoms with Crippen LogP contribution in [0.2, 0.25) is 0 Å². The number of anilines is 2. The Labute approximate surface area is 202 Å². The van der Waals surface area contributed by atoms with Crippen molar-refractivity contribution in [2.75, 3.05) is 22.8 Å². The molecule has 0 saturated heterocycles. The second-order valence-corrected chi connectivity index (χ2v) is 9.28. The van der Waals surface area contributed by atoms with Crippen LogP contribution in [-0.4, -0.2) is 45.2 Å². The molecule has 0 spiro atoms. The molecule has 0 aliphatic carbocycles. The number of fused-ring (bicyclic) bond motifs is 1. The molecule has 188 valence electrons. The Morgan fingerprint density at radius 2 is 1.86 bits per heavy atom. The van der Waals surface area contributed by atoms with Crippen LogP contribution in [0.5, 0.6) is 11.5 Å². The molecule has 36 heavy (non-hydrogen) atoms. The van der Waals surface area contributed by atoms with Crippen LogP contribution in [0.15, 0.2) is 65.6 Å². The summed E-state index contributed by atoms with van der Waals surface area (Å²) in [5.74, 6) is -3.41. The molecule has 1 aliphatic rings. The van der Waals surface area contributed by atoms with E-state index < -0.39 is 39.9 Å². The fraction of sp³-hybridized carbons (Fsp3) is 0.130. The van der Waals surface area contributed by atoms with Gasteiger partial charge in [-0.15, -0.1) is 0 Å². The number of nitrogens with one attached hydrogen (secondary N) is 1. The number of benzene rings is 3. The van der Waals surface area contributed by atoms with E-state index in [0.717, 1.165) is 22.5 Å². The molecule has 4 rings (SSSR count). The number of carboxylic acids is 1. The van der Waals surface area contributed by atoms with Crippen molar-refractivity contribution in [3.8, 4) is 11.5 Å². The zero-order valence-electron chi connectivity index (χ0n) is 18.2. The Balaban J connectivity index is 1.63. The average Bonchev–Trinajstić information content (AvgIpc) is 2.82. The Hall–Kier alpha value is -4.26. The van der Waals surface area contributed by atoms with Crippen molar-refractivity contribution in [1.29, 1.82) is 0 Å². The van der Waals surface area contributed by atoms with E-state index in [0.29, 0.717) is 0 Å². The molecule has 3 aromatic rings. The zero-order chi connectivity index (χ0) is 26.0. The summed E-state index contributed by atoms with van der Waals surface area (Å²) in [6.07, 6.45) is 0. The van der Waals surface area contributed by atoms with Crippen LogP contribution >= 0.6 is 0 Å². The molecule has 3 aromatic carbocycles. The highest BCUT2D eigenvalue weighted by Crippen LogP contribution is 2.37. The third kappa shape index (κ3) is 5.05. The fourth-order valence-corrected chi connectivity index (χ4v) is 4.98. The minimum Gasteiger partial charge on any atom is -0.489 e. The molecule has 1 aliphatic heterocycles. The van der Waals surface area contributed by atoms with E-state index in [4.69, 9.17) is 9.84 Å². The van der Waals surface area contributed by atoms with Gasteiger partial charge in [0, 0.05) is 17.3 Å². The molecule has 0 unspecified atom stereocenters. The number of nitrogens with zero attached hydrogens (tertiary/aromatic N) is 1. The van der Waals surface area contributed by atoms with Crippen LogP contribution in [0.3, 0.4) is 0 Å². The van der Waals surface area contributed by atoms with Crippen molar-refractivity contribution in [2.45, 2.75) is 11.5 Å². The van der Waals surface area contributed by atoms with Gasteiger partial charge < -0.3 is 19.9 Å². The number of carboxylic acid groups (broad SMARTS) is 1.